The van der Waals surface area contributed by atoms with Crippen LogP contribution in [0.3, 0.4) is 0 Å². The van der Waals surface area contributed by atoms with Gasteiger partial charge in [0.1, 0.15) is 11.5 Å². The summed E-state index contributed by atoms with van der Waals surface area (Å²) in [5.74, 6) is 1.74. The van der Waals surface area contributed by atoms with Crippen molar-refractivity contribution in [1.82, 2.24) is 0 Å². The molecule has 61 heavy (non-hydrogen) atoms. The summed E-state index contributed by atoms with van der Waals surface area (Å²) in [6.45, 7) is 0. The van der Waals surface area contributed by atoms with Crippen molar-refractivity contribution < 1.29 is 4.74 Å². The van der Waals surface area contributed by atoms with E-state index in [2.05, 4.69) is 241 Å². The molecule has 1 aliphatic heterocycles. The maximum absolute atomic E-state index is 7.11. The number of benzene rings is 10. The van der Waals surface area contributed by atoms with Gasteiger partial charge in [0.15, 0.2) is 0 Å². The maximum Gasteiger partial charge on any atom is 0.132 e. The fourth-order valence-electron chi connectivity index (χ4n) is 9.90. The molecule has 2 heteroatoms. The highest BCUT2D eigenvalue weighted by Gasteiger charge is 2.51. The SMILES string of the molecule is c1ccc(-c2ccc(N(c3ccc4c(c3)C3(c5ccc(-c6ccccc6)cc5Oc5cc(-c6ccccc6)ccc53)c3ccccc3-4)c3ccc4ccccc4c3)cc2)cc1. The number of hydrogen-bond donors (Lipinski definition) is 0. The second-order valence-electron chi connectivity index (χ2n) is 16.1. The first-order valence-corrected chi connectivity index (χ1v) is 21.0. The standard InChI is InChI=1S/C59H39NO/c1-4-14-40(15-5-1)44-24-29-48(30-25-44)60(49-31-26-43-20-10-11-21-45(43)36-49)50-32-33-52-51-22-12-13-23-53(51)59(56(52)39-50)54-34-27-46(41-16-6-2-7-17-41)37-57(54)61-58-38-47(28-35-55(58)59)42-18-8-3-9-19-42/h1-39H. The lowest BCUT2D eigenvalue weighted by Gasteiger charge is -2.40. The molecule has 0 bridgehead atoms. The highest BCUT2D eigenvalue weighted by atomic mass is 16.5. The molecule has 10 aromatic rings. The lowest BCUT2D eigenvalue weighted by atomic mass is 9.65. The molecular weight excluding hydrogens is 739 g/mol. The molecule has 2 nitrogen and oxygen atoms in total. The minimum atomic E-state index is -0.651. The summed E-state index contributed by atoms with van der Waals surface area (Å²) in [6, 6.07) is 85.9. The van der Waals surface area contributed by atoms with Gasteiger partial charge in [0.05, 0.1) is 5.41 Å². The number of anilines is 3. The van der Waals surface area contributed by atoms with E-state index in [1.807, 2.05) is 0 Å². The number of nitrogens with zero attached hydrogens (tertiary/aromatic N) is 1. The Morgan fingerprint density at radius 3 is 1.38 bits per heavy atom. The van der Waals surface area contributed by atoms with Crippen LogP contribution >= 0.6 is 0 Å². The Morgan fingerprint density at radius 2 is 0.738 bits per heavy atom. The number of rotatable bonds is 6. The molecule has 286 valence electrons. The first-order valence-electron chi connectivity index (χ1n) is 21.0. The molecule has 0 atom stereocenters. The summed E-state index contributed by atoms with van der Waals surface area (Å²) in [4.78, 5) is 2.41. The Morgan fingerprint density at radius 1 is 0.279 bits per heavy atom. The van der Waals surface area contributed by atoms with E-state index in [0.29, 0.717) is 0 Å². The van der Waals surface area contributed by atoms with Crippen molar-refractivity contribution in [1.29, 1.82) is 0 Å². The van der Waals surface area contributed by atoms with E-state index in [0.717, 1.165) is 61.9 Å². The van der Waals surface area contributed by atoms with Crippen molar-refractivity contribution in [2.24, 2.45) is 0 Å². The summed E-state index contributed by atoms with van der Waals surface area (Å²) in [5.41, 5.74) is 16.8. The van der Waals surface area contributed by atoms with Crippen molar-refractivity contribution in [3.8, 4) is 56.0 Å². The third-order valence-corrected chi connectivity index (χ3v) is 12.7. The topological polar surface area (TPSA) is 12.5 Å². The predicted molar refractivity (Wildman–Crippen MR) is 252 cm³/mol. The smallest absolute Gasteiger partial charge is 0.132 e. The third-order valence-electron chi connectivity index (χ3n) is 12.7. The average molecular weight is 778 g/mol. The molecule has 2 aliphatic rings. The minimum absolute atomic E-state index is 0.651. The van der Waals surface area contributed by atoms with Crippen LogP contribution in [0.2, 0.25) is 0 Å². The number of fused-ring (bicyclic) bond motifs is 10. The van der Waals surface area contributed by atoms with Gasteiger partial charge in [-0.2, -0.15) is 0 Å². The van der Waals surface area contributed by atoms with Gasteiger partial charge in [-0.25, -0.2) is 0 Å². The number of hydrogen-bond acceptors (Lipinski definition) is 2. The predicted octanol–water partition coefficient (Wildman–Crippen LogP) is 15.8. The highest BCUT2D eigenvalue weighted by molar-refractivity contribution is 5.94. The van der Waals surface area contributed by atoms with E-state index in [9.17, 15) is 0 Å². The molecule has 0 fully saturated rings. The molecular formula is C59H39NO. The van der Waals surface area contributed by atoms with Gasteiger partial charge >= 0.3 is 0 Å². The Hall–Kier alpha value is -7.94. The molecule has 0 unspecified atom stereocenters. The molecule has 0 N–H and O–H groups in total. The normalized spacial score (nSPS) is 12.9. The quantitative estimate of drug-likeness (QED) is 0.167. The fourth-order valence-corrected chi connectivity index (χ4v) is 9.90. The molecule has 0 amide bonds. The maximum atomic E-state index is 7.11. The third kappa shape index (κ3) is 5.64. The van der Waals surface area contributed by atoms with Crippen LogP contribution < -0.4 is 9.64 Å². The van der Waals surface area contributed by atoms with E-state index in [1.165, 1.54) is 44.2 Å². The molecule has 0 aromatic heterocycles. The van der Waals surface area contributed by atoms with E-state index in [4.69, 9.17) is 4.74 Å². The molecule has 10 aromatic carbocycles. The first-order chi connectivity index (χ1) is 30.2. The first kappa shape index (κ1) is 35.0. The summed E-state index contributed by atoms with van der Waals surface area (Å²) in [5, 5.41) is 2.42. The summed E-state index contributed by atoms with van der Waals surface area (Å²) >= 11 is 0. The van der Waals surface area contributed by atoms with Gasteiger partial charge in [-0.1, -0.05) is 188 Å². The van der Waals surface area contributed by atoms with E-state index < -0.39 is 5.41 Å². The minimum Gasteiger partial charge on any atom is -0.457 e. The van der Waals surface area contributed by atoms with Gasteiger partial charge in [0, 0.05) is 28.2 Å². The van der Waals surface area contributed by atoms with Crippen LogP contribution in [0, 0.1) is 0 Å². The van der Waals surface area contributed by atoms with Gasteiger partial charge in [0.25, 0.3) is 0 Å². The fraction of sp³-hybridized carbons (Fsp3) is 0.0169. The molecule has 0 saturated heterocycles. The van der Waals surface area contributed by atoms with Crippen LogP contribution in [0.5, 0.6) is 11.5 Å². The van der Waals surface area contributed by atoms with Crippen molar-refractivity contribution in [3.05, 3.63) is 259 Å². The van der Waals surface area contributed by atoms with Crippen LogP contribution in [-0.4, -0.2) is 0 Å². The molecule has 1 aliphatic carbocycles. The van der Waals surface area contributed by atoms with Crippen molar-refractivity contribution in [2.75, 3.05) is 4.90 Å². The highest BCUT2D eigenvalue weighted by Crippen LogP contribution is 2.63. The van der Waals surface area contributed by atoms with E-state index >= 15 is 0 Å². The largest absolute Gasteiger partial charge is 0.457 e. The van der Waals surface area contributed by atoms with Crippen LogP contribution in [0.1, 0.15) is 22.3 Å². The van der Waals surface area contributed by atoms with Crippen molar-refractivity contribution >= 4 is 27.8 Å². The van der Waals surface area contributed by atoms with E-state index in [-0.39, 0.29) is 0 Å². The molecule has 1 spiro atoms. The van der Waals surface area contributed by atoms with Crippen LogP contribution in [0.25, 0.3) is 55.3 Å². The van der Waals surface area contributed by atoms with Crippen LogP contribution in [0.15, 0.2) is 237 Å². The van der Waals surface area contributed by atoms with Gasteiger partial charge < -0.3 is 9.64 Å². The van der Waals surface area contributed by atoms with Gasteiger partial charge in [-0.15, -0.1) is 0 Å². The second kappa shape index (κ2) is 14.1. The lowest BCUT2D eigenvalue weighted by Crippen LogP contribution is -2.32. The molecule has 0 radical (unpaired) electrons. The Kier molecular flexibility index (Phi) is 8.11. The zero-order chi connectivity index (χ0) is 40.3. The van der Waals surface area contributed by atoms with Crippen LogP contribution in [0.4, 0.5) is 17.1 Å². The Labute approximate surface area is 356 Å². The average Bonchev–Trinajstić information content (AvgIpc) is 3.62. The Balaban J connectivity index is 1.11. The summed E-state index contributed by atoms with van der Waals surface area (Å²) in [7, 11) is 0. The van der Waals surface area contributed by atoms with Crippen molar-refractivity contribution in [3.63, 3.8) is 0 Å². The Bertz CT molecular complexity index is 3170. The zero-order valence-corrected chi connectivity index (χ0v) is 33.4. The van der Waals surface area contributed by atoms with Gasteiger partial charge in [-0.05, 0) is 115 Å². The second-order valence-corrected chi connectivity index (χ2v) is 16.1. The number of ether oxygens (including phenoxy) is 1. The van der Waals surface area contributed by atoms with Gasteiger partial charge in [0.2, 0.25) is 0 Å². The molecule has 1 heterocycles. The van der Waals surface area contributed by atoms with Crippen LogP contribution in [-0.2, 0) is 5.41 Å². The van der Waals surface area contributed by atoms with E-state index in [1.54, 1.807) is 0 Å². The summed E-state index contributed by atoms with van der Waals surface area (Å²) in [6.07, 6.45) is 0. The van der Waals surface area contributed by atoms with Gasteiger partial charge in [-0.3, -0.25) is 0 Å². The zero-order valence-electron chi connectivity index (χ0n) is 33.4. The van der Waals surface area contributed by atoms with Crippen molar-refractivity contribution in [2.45, 2.75) is 5.41 Å². The monoisotopic (exact) mass is 777 g/mol. The molecule has 12 rings (SSSR count). The summed E-state index contributed by atoms with van der Waals surface area (Å²) < 4.78 is 7.11. The lowest BCUT2D eigenvalue weighted by molar-refractivity contribution is 0.437. The molecule has 0 saturated carbocycles.